The summed E-state index contributed by atoms with van der Waals surface area (Å²) in [7, 11) is 1.43. The topological polar surface area (TPSA) is 64.6 Å². The Balaban J connectivity index is 1.98. The van der Waals surface area contributed by atoms with Gasteiger partial charge in [-0.15, -0.1) is 0 Å². The Morgan fingerprint density at radius 3 is 2.36 bits per heavy atom. The molecule has 1 amide bonds. The first-order chi connectivity index (χ1) is 11.8. The lowest BCUT2D eigenvalue weighted by Gasteiger charge is -2.30. The molecule has 0 aliphatic heterocycles. The number of hydrogen-bond acceptors (Lipinski definition) is 4. The van der Waals surface area contributed by atoms with Crippen LogP contribution in [-0.2, 0) is 9.53 Å². The van der Waals surface area contributed by atoms with E-state index >= 15 is 0 Å². The second-order valence-electron chi connectivity index (χ2n) is 6.40. The van der Waals surface area contributed by atoms with Crippen molar-refractivity contribution in [2.24, 2.45) is 5.92 Å². The molecule has 3 atom stereocenters. The van der Waals surface area contributed by atoms with Crippen LogP contribution in [0.15, 0.2) is 12.1 Å². The third-order valence-corrected chi connectivity index (χ3v) is 5.09. The fourth-order valence-corrected chi connectivity index (χ4v) is 3.63. The number of benzene rings is 1. The first kappa shape index (κ1) is 19.9. The summed E-state index contributed by atoms with van der Waals surface area (Å²) in [5.74, 6) is -0.236. The van der Waals surface area contributed by atoms with Gasteiger partial charge in [0.2, 0.25) is 0 Å². The summed E-state index contributed by atoms with van der Waals surface area (Å²) in [5.41, 5.74) is 0.168. The minimum Gasteiger partial charge on any atom is -0.494 e. The summed E-state index contributed by atoms with van der Waals surface area (Å²) >= 11 is 12.1. The molecule has 1 aromatic rings. The maximum absolute atomic E-state index is 12.3. The molecular weight excluding hydrogens is 365 g/mol. The van der Waals surface area contributed by atoms with Crippen molar-refractivity contribution in [2.45, 2.75) is 51.7 Å². The highest BCUT2D eigenvalue weighted by molar-refractivity contribution is 6.37. The van der Waals surface area contributed by atoms with Gasteiger partial charge in [-0.25, -0.2) is 4.79 Å². The monoisotopic (exact) mass is 387 g/mol. The Morgan fingerprint density at radius 2 is 1.80 bits per heavy atom. The Kier molecular flexibility index (Phi) is 6.96. The largest absolute Gasteiger partial charge is 0.494 e. The molecular formula is C18H23Cl2NO4. The molecule has 138 valence electrons. The molecule has 0 aromatic heterocycles. The van der Waals surface area contributed by atoms with Crippen molar-refractivity contribution in [1.29, 1.82) is 0 Å². The van der Waals surface area contributed by atoms with Gasteiger partial charge in [-0.3, -0.25) is 4.79 Å². The minimum absolute atomic E-state index is 0.132. The zero-order valence-corrected chi connectivity index (χ0v) is 16.1. The van der Waals surface area contributed by atoms with Crippen LogP contribution in [0.25, 0.3) is 0 Å². The van der Waals surface area contributed by atoms with Crippen LogP contribution in [0, 0.1) is 5.92 Å². The fraction of sp³-hybridized carbons (Fsp3) is 0.556. The molecule has 5 nitrogen and oxygen atoms in total. The van der Waals surface area contributed by atoms with Crippen molar-refractivity contribution in [1.82, 2.24) is 5.32 Å². The van der Waals surface area contributed by atoms with Crippen LogP contribution in [0.4, 0.5) is 0 Å². The first-order valence-corrected chi connectivity index (χ1v) is 9.13. The van der Waals surface area contributed by atoms with Crippen LogP contribution in [-0.4, -0.2) is 31.1 Å². The molecule has 0 spiro atoms. The third-order valence-electron chi connectivity index (χ3n) is 4.53. The number of carbonyl (C=O) groups excluding carboxylic acids is 2. The number of nitrogens with one attached hydrogen (secondary N) is 1. The summed E-state index contributed by atoms with van der Waals surface area (Å²) in [4.78, 5) is 24.6. The lowest BCUT2D eigenvalue weighted by Crippen LogP contribution is -2.45. The molecule has 0 radical (unpaired) electrons. The molecule has 1 aromatic carbocycles. The Morgan fingerprint density at radius 1 is 1.20 bits per heavy atom. The van der Waals surface area contributed by atoms with Gasteiger partial charge in [-0.2, -0.15) is 0 Å². The van der Waals surface area contributed by atoms with Gasteiger partial charge in [0.05, 0.1) is 22.7 Å². The summed E-state index contributed by atoms with van der Waals surface area (Å²) in [6.45, 7) is 3.68. The van der Waals surface area contributed by atoms with Crippen LogP contribution in [0.1, 0.15) is 49.9 Å². The minimum atomic E-state index is -0.902. The van der Waals surface area contributed by atoms with E-state index in [0.717, 1.165) is 19.3 Å². The van der Waals surface area contributed by atoms with Gasteiger partial charge >= 0.3 is 5.97 Å². The number of carbonyl (C=O) groups is 2. The second kappa shape index (κ2) is 8.77. The predicted octanol–water partition coefficient (Wildman–Crippen LogP) is 4.24. The van der Waals surface area contributed by atoms with Gasteiger partial charge in [-0.1, -0.05) is 43.0 Å². The molecule has 25 heavy (non-hydrogen) atoms. The molecule has 0 heterocycles. The van der Waals surface area contributed by atoms with Crippen LogP contribution in [0.3, 0.4) is 0 Å². The number of amides is 1. The van der Waals surface area contributed by atoms with E-state index in [1.165, 1.54) is 25.7 Å². The van der Waals surface area contributed by atoms with Crippen molar-refractivity contribution in [3.63, 3.8) is 0 Å². The van der Waals surface area contributed by atoms with Crippen LogP contribution in [0.2, 0.25) is 10.0 Å². The van der Waals surface area contributed by atoms with E-state index in [0.29, 0.717) is 5.92 Å². The highest BCUT2D eigenvalue weighted by Gasteiger charge is 2.27. The average molecular weight is 388 g/mol. The zero-order chi connectivity index (χ0) is 18.6. The molecule has 1 saturated carbocycles. The van der Waals surface area contributed by atoms with E-state index in [4.69, 9.17) is 32.7 Å². The highest BCUT2D eigenvalue weighted by Crippen LogP contribution is 2.34. The van der Waals surface area contributed by atoms with E-state index < -0.39 is 12.1 Å². The lowest BCUT2D eigenvalue weighted by molar-refractivity contribution is -0.130. The van der Waals surface area contributed by atoms with E-state index in [9.17, 15) is 9.59 Å². The Labute approximate surface area is 158 Å². The maximum Gasteiger partial charge on any atom is 0.339 e. The van der Waals surface area contributed by atoms with E-state index in [1.807, 2.05) is 0 Å². The van der Waals surface area contributed by atoms with Crippen molar-refractivity contribution >= 4 is 35.1 Å². The highest BCUT2D eigenvalue weighted by atomic mass is 35.5. The van der Waals surface area contributed by atoms with Gasteiger partial charge in [0.1, 0.15) is 0 Å². The van der Waals surface area contributed by atoms with Crippen LogP contribution in [0.5, 0.6) is 5.75 Å². The quantitative estimate of drug-likeness (QED) is 0.767. The molecule has 1 aliphatic carbocycles. The fourth-order valence-electron chi connectivity index (χ4n) is 2.99. The third kappa shape index (κ3) is 5.02. The SMILES string of the molecule is COc1c(Cl)cc(C(=O)O[C@H](C)C(=O)N[C@H]2CCCC[C@@H]2C)cc1Cl. The van der Waals surface area contributed by atoms with Crippen molar-refractivity contribution < 1.29 is 19.1 Å². The number of methoxy groups -OCH3 is 1. The van der Waals surface area contributed by atoms with Gasteiger partial charge in [0.15, 0.2) is 11.9 Å². The van der Waals surface area contributed by atoms with Crippen molar-refractivity contribution in [2.75, 3.05) is 7.11 Å². The zero-order valence-electron chi connectivity index (χ0n) is 14.6. The molecule has 0 bridgehead atoms. The van der Waals surface area contributed by atoms with E-state index in [1.54, 1.807) is 6.92 Å². The Hall–Kier alpha value is -1.46. The van der Waals surface area contributed by atoms with Gasteiger partial charge in [-0.05, 0) is 37.8 Å². The van der Waals surface area contributed by atoms with Gasteiger partial charge in [0.25, 0.3) is 5.91 Å². The number of ether oxygens (including phenoxy) is 2. The van der Waals surface area contributed by atoms with Gasteiger partial charge in [0, 0.05) is 6.04 Å². The number of hydrogen-bond donors (Lipinski definition) is 1. The summed E-state index contributed by atoms with van der Waals surface area (Å²) in [5, 5.41) is 3.39. The molecule has 1 fully saturated rings. The maximum atomic E-state index is 12.3. The number of esters is 1. The molecule has 0 unspecified atom stereocenters. The van der Waals surface area contributed by atoms with Crippen LogP contribution < -0.4 is 10.1 Å². The predicted molar refractivity (Wildman–Crippen MR) is 97.5 cm³/mol. The molecule has 0 saturated heterocycles. The van der Waals surface area contributed by atoms with Crippen molar-refractivity contribution in [3.8, 4) is 5.75 Å². The molecule has 1 N–H and O–H groups in total. The van der Waals surface area contributed by atoms with E-state index in [2.05, 4.69) is 12.2 Å². The summed E-state index contributed by atoms with van der Waals surface area (Å²) in [6, 6.07) is 2.94. The van der Waals surface area contributed by atoms with Crippen LogP contribution >= 0.6 is 23.2 Å². The summed E-state index contributed by atoms with van der Waals surface area (Å²) < 4.78 is 10.3. The normalized spacial score (nSPS) is 21.3. The Bertz CT molecular complexity index is 627. The van der Waals surface area contributed by atoms with Gasteiger partial charge < -0.3 is 14.8 Å². The number of halogens is 2. The molecule has 2 rings (SSSR count). The summed E-state index contributed by atoms with van der Waals surface area (Å²) in [6.07, 6.45) is 3.45. The van der Waals surface area contributed by atoms with Crippen molar-refractivity contribution in [3.05, 3.63) is 27.7 Å². The lowest BCUT2D eigenvalue weighted by atomic mass is 9.86. The van der Waals surface area contributed by atoms with E-state index in [-0.39, 0.29) is 33.3 Å². The number of rotatable bonds is 5. The average Bonchev–Trinajstić information content (AvgIpc) is 2.56. The first-order valence-electron chi connectivity index (χ1n) is 8.37. The molecule has 1 aliphatic rings. The molecule has 7 heteroatoms. The second-order valence-corrected chi connectivity index (χ2v) is 7.21. The standard InChI is InChI=1S/C18H23Cl2NO4/c1-10-6-4-5-7-15(10)21-17(22)11(2)25-18(23)12-8-13(19)16(24-3)14(20)9-12/h8-11,15H,4-7H2,1-3H3,(H,21,22)/t10-,11+,15-/m0/s1. The smallest absolute Gasteiger partial charge is 0.339 e.